The van der Waals surface area contributed by atoms with Crippen molar-refractivity contribution in [1.29, 1.82) is 0 Å². The first kappa shape index (κ1) is 20.8. The van der Waals surface area contributed by atoms with Crippen molar-refractivity contribution in [1.82, 2.24) is 5.32 Å². The Bertz CT molecular complexity index is 897. The molecule has 1 amide bonds. The number of thiocarbonyl (C=S) groups is 1. The Balaban J connectivity index is 1.95. The second kappa shape index (κ2) is 10.0. The second-order valence-electron chi connectivity index (χ2n) is 5.42. The molecule has 9 heteroatoms. The van der Waals surface area contributed by atoms with Gasteiger partial charge >= 0.3 is 0 Å². The van der Waals surface area contributed by atoms with Gasteiger partial charge in [-0.05, 0) is 49.0 Å². The number of nitrogens with zero attached hydrogens (tertiary/aromatic N) is 1. The third-order valence-corrected chi connectivity index (χ3v) is 3.70. The van der Waals surface area contributed by atoms with E-state index in [1.54, 1.807) is 6.08 Å². The van der Waals surface area contributed by atoms with Crippen molar-refractivity contribution < 1.29 is 19.2 Å². The minimum Gasteiger partial charge on any atom is -0.494 e. The largest absolute Gasteiger partial charge is 0.494 e. The first-order valence-electron chi connectivity index (χ1n) is 8.28. The molecule has 0 saturated heterocycles. The van der Waals surface area contributed by atoms with Gasteiger partial charge in [-0.25, -0.2) is 0 Å². The highest BCUT2D eigenvalue weighted by atomic mass is 32.1. The highest BCUT2D eigenvalue weighted by molar-refractivity contribution is 7.80. The lowest BCUT2D eigenvalue weighted by molar-refractivity contribution is -0.384. The Labute approximate surface area is 167 Å². The van der Waals surface area contributed by atoms with Gasteiger partial charge in [0.2, 0.25) is 5.91 Å². The van der Waals surface area contributed by atoms with Crippen LogP contribution in [0, 0.1) is 10.1 Å². The Morgan fingerprint density at radius 2 is 1.96 bits per heavy atom. The predicted molar refractivity (Wildman–Crippen MR) is 111 cm³/mol. The van der Waals surface area contributed by atoms with E-state index < -0.39 is 10.8 Å². The van der Waals surface area contributed by atoms with Crippen molar-refractivity contribution in [2.24, 2.45) is 0 Å². The Morgan fingerprint density at radius 3 is 2.57 bits per heavy atom. The number of carbonyl (C=O) groups is 1. The van der Waals surface area contributed by atoms with Crippen LogP contribution in [0.1, 0.15) is 12.5 Å². The highest BCUT2D eigenvalue weighted by Gasteiger charge is 2.12. The van der Waals surface area contributed by atoms with E-state index in [1.807, 2.05) is 31.2 Å². The van der Waals surface area contributed by atoms with Gasteiger partial charge in [0.05, 0.1) is 30.4 Å². The molecule has 0 bridgehead atoms. The number of nitrogens with one attached hydrogen (secondary N) is 2. The van der Waals surface area contributed by atoms with E-state index in [0.29, 0.717) is 12.3 Å². The second-order valence-corrected chi connectivity index (χ2v) is 5.83. The third kappa shape index (κ3) is 6.06. The summed E-state index contributed by atoms with van der Waals surface area (Å²) >= 11 is 5.10. The first-order valence-corrected chi connectivity index (χ1v) is 8.69. The molecule has 2 rings (SSSR count). The van der Waals surface area contributed by atoms with Crippen LogP contribution < -0.4 is 20.1 Å². The molecule has 0 heterocycles. The summed E-state index contributed by atoms with van der Waals surface area (Å²) in [5.74, 6) is 0.564. The van der Waals surface area contributed by atoms with E-state index >= 15 is 0 Å². The average Bonchev–Trinajstić information content (AvgIpc) is 2.67. The smallest absolute Gasteiger partial charge is 0.273 e. The Kier molecular flexibility index (Phi) is 7.46. The van der Waals surface area contributed by atoms with Crippen LogP contribution in [-0.2, 0) is 4.79 Å². The molecule has 2 aromatic carbocycles. The fourth-order valence-electron chi connectivity index (χ4n) is 2.22. The number of non-ortho nitro benzene ring substituents is 1. The lowest BCUT2D eigenvalue weighted by Crippen LogP contribution is -2.32. The summed E-state index contributed by atoms with van der Waals surface area (Å²) in [6.45, 7) is 2.49. The number of carbonyl (C=O) groups excluding carboxylic acids is 1. The standard InChI is InChI=1S/C19H19N3O5S/c1-3-27-15-8-4-13(5-9-15)6-11-18(23)21-19(28)20-16-10-7-14(22(24)25)12-17(16)26-2/h4-12H,3H2,1-2H3,(H2,20,21,23,28)/b11-6+. The zero-order valence-electron chi connectivity index (χ0n) is 15.3. The van der Waals surface area contributed by atoms with E-state index in [0.717, 1.165) is 11.3 Å². The Morgan fingerprint density at radius 1 is 1.25 bits per heavy atom. The van der Waals surface area contributed by atoms with E-state index in [9.17, 15) is 14.9 Å². The van der Waals surface area contributed by atoms with Crippen molar-refractivity contribution in [3.63, 3.8) is 0 Å². The van der Waals surface area contributed by atoms with Gasteiger partial charge in [-0.1, -0.05) is 12.1 Å². The molecule has 0 aliphatic carbocycles. The summed E-state index contributed by atoms with van der Waals surface area (Å²) in [6.07, 6.45) is 2.98. The molecule has 8 nitrogen and oxygen atoms in total. The van der Waals surface area contributed by atoms with Crippen molar-refractivity contribution in [3.05, 3.63) is 64.2 Å². The quantitative estimate of drug-likeness (QED) is 0.317. The summed E-state index contributed by atoms with van der Waals surface area (Å²) < 4.78 is 10.5. The van der Waals surface area contributed by atoms with Gasteiger partial charge in [0.15, 0.2) is 5.11 Å². The summed E-state index contributed by atoms with van der Waals surface area (Å²) in [5, 5.41) is 16.1. The van der Waals surface area contributed by atoms with Crippen molar-refractivity contribution >= 4 is 40.7 Å². The van der Waals surface area contributed by atoms with Gasteiger partial charge in [0.1, 0.15) is 11.5 Å². The van der Waals surface area contributed by atoms with Crippen LogP contribution in [0.3, 0.4) is 0 Å². The van der Waals surface area contributed by atoms with Crippen LogP contribution in [-0.4, -0.2) is 29.7 Å². The molecule has 0 unspecified atom stereocenters. The first-order chi connectivity index (χ1) is 13.4. The number of methoxy groups -OCH3 is 1. The lowest BCUT2D eigenvalue weighted by atomic mass is 10.2. The molecule has 0 fully saturated rings. The predicted octanol–water partition coefficient (Wildman–Crippen LogP) is 3.53. The minimum absolute atomic E-state index is 0.0356. The van der Waals surface area contributed by atoms with Crippen molar-refractivity contribution in [2.75, 3.05) is 19.0 Å². The van der Waals surface area contributed by atoms with E-state index in [2.05, 4.69) is 10.6 Å². The van der Waals surface area contributed by atoms with Crippen LogP contribution in [0.15, 0.2) is 48.5 Å². The molecule has 0 saturated carbocycles. The normalized spacial score (nSPS) is 10.4. The van der Waals surface area contributed by atoms with Gasteiger partial charge in [-0.2, -0.15) is 0 Å². The number of rotatable bonds is 7. The maximum absolute atomic E-state index is 12.0. The van der Waals surface area contributed by atoms with Gasteiger partial charge in [0, 0.05) is 12.1 Å². The summed E-state index contributed by atoms with van der Waals surface area (Å²) in [6, 6.07) is 11.3. The molecule has 0 spiro atoms. The van der Waals surface area contributed by atoms with Gasteiger partial charge in [-0.3, -0.25) is 20.2 Å². The van der Waals surface area contributed by atoms with Crippen LogP contribution in [0.4, 0.5) is 11.4 Å². The highest BCUT2D eigenvalue weighted by Crippen LogP contribution is 2.28. The number of amides is 1. The molecule has 2 N–H and O–H groups in total. The monoisotopic (exact) mass is 401 g/mol. The molecule has 0 atom stereocenters. The van der Waals surface area contributed by atoms with Gasteiger partial charge < -0.3 is 14.8 Å². The summed E-state index contributed by atoms with van der Waals surface area (Å²) in [7, 11) is 1.38. The summed E-state index contributed by atoms with van der Waals surface area (Å²) in [5.41, 5.74) is 1.11. The number of nitro benzene ring substituents is 1. The molecule has 0 radical (unpaired) electrons. The molecule has 0 aliphatic heterocycles. The molecule has 28 heavy (non-hydrogen) atoms. The van der Waals surface area contributed by atoms with Crippen molar-refractivity contribution in [2.45, 2.75) is 6.92 Å². The van der Waals surface area contributed by atoms with E-state index in [4.69, 9.17) is 21.7 Å². The third-order valence-electron chi connectivity index (χ3n) is 3.50. The van der Waals surface area contributed by atoms with Crippen LogP contribution in [0.5, 0.6) is 11.5 Å². The van der Waals surface area contributed by atoms with Gasteiger partial charge in [-0.15, -0.1) is 0 Å². The molecule has 146 valence electrons. The zero-order chi connectivity index (χ0) is 20.5. The van der Waals surface area contributed by atoms with E-state index in [1.165, 1.54) is 31.4 Å². The van der Waals surface area contributed by atoms with Crippen molar-refractivity contribution in [3.8, 4) is 11.5 Å². The SMILES string of the molecule is CCOc1ccc(/C=C/C(=O)NC(=S)Nc2ccc([N+](=O)[O-])cc2OC)cc1. The number of benzene rings is 2. The van der Waals surface area contributed by atoms with Crippen LogP contribution in [0.2, 0.25) is 0 Å². The maximum Gasteiger partial charge on any atom is 0.273 e. The van der Waals surface area contributed by atoms with E-state index in [-0.39, 0.29) is 16.5 Å². The minimum atomic E-state index is -0.530. The molecule has 0 aromatic heterocycles. The van der Waals surface area contributed by atoms with Crippen LogP contribution in [0.25, 0.3) is 6.08 Å². The lowest BCUT2D eigenvalue weighted by Gasteiger charge is -2.11. The average molecular weight is 401 g/mol. The fourth-order valence-corrected chi connectivity index (χ4v) is 2.43. The van der Waals surface area contributed by atoms with Gasteiger partial charge in [0.25, 0.3) is 5.69 Å². The molecular formula is C19H19N3O5S. The topological polar surface area (TPSA) is 103 Å². The molecule has 0 aliphatic rings. The molecule has 2 aromatic rings. The zero-order valence-corrected chi connectivity index (χ0v) is 16.1. The molecular weight excluding hydrogens is 382 g/mol. The number of hydrogen-bond donors (Lipinski definition) is 2. The number of nitro groups is 1. The summed E-state index contributed by atoms with van der Waals surface area (Å²) in [4.78, 5) is 22.3. The fraction of sp³-hybridized carbons (Fsp3) is 0.158. The maximum atomic E-state index is 12.0. The number of ether oxygens (including phenoxy) is 2. The number of anilines is 1. The van der Waals surface area contributed by atoms with Crippen LogP contribution >= 0.6 is 12.2 Å². The Hall–Kier alpha value is -3.46. The number of hydrogen-bond acceptors (Lipinski definition) is 6.